The monoisotopic (exact) mass is 680 g/mol. The highest BCUT2D eigenvalue weighted by Gasteiger charge is 2.44. The molecule has 4 N–H and O–H groups in total. The van der Waals surface area contributed by atoms with Crippen LogP contribution >= 0.6 is 0 Å². The van der Waals surface area contributed by atoms with Gasteiger partial charge in [-0.3, -0.25) is 0 Å². The van der Waals surface area contributed by atoms with Crippen LogP contribution < -0.4 is 15.8 Å². The fourth-order valence-electron chi connectivity index (χ4n) is 7.01. The van der Waals surface area contributed by atoms with Crippen LogP contribution in [0.15, 0.2) is 24.3 Å². The molecule has 2 aromatic carbocycles. The van der Waals surface area contributed by atoms with Gasteiger partial charge in [-0.15, -0.1) is 6.42 Å². The van der Waals surface area contributed by atoms with Crippen molar-refractivity contribution in [2.24, 2.45) is 17.3 Å². The predicted molar refractivity (Wildman–Crippen MR) is 185 cm³/mol. The molecule has 8 nitrogen and oxygen atoms in total. The lowest BCUT2D eigenvalue weighted by Gasteiger charge is -2.44. The maximum Gasteiger partial charge on any atom is 0.319 e. The van der Waals surface area contributed by atoms with Crippen LogP contribution in [0.5, 0.6) is 11.8 Å². The number of halogens is 4. The van der Waals surface area contributed by atoms with Crippen LogP contribution in [0.3, 0.4) is 0 Å². The summed E-state index contributed by atoms with van der Waals surface area (Å²) < 4.78 is 65.8. The molecule has 0 aliphatic carbocycles. The van der Waals surface area contributed by atoms with Gasteiger partial charge in [-0.25, -0.2) is 22.5 Å². The number of likely N-dealkylation sites (tertiary alicyclic amines) is 1. The number of benzene rings is 2. The highest BCUT2D eigenvalue weighted by atomic mass is 19.3. The number of fused-ring (bicyclic) bond motifs is 2. The first-order valence-corrected chi connectivity index (χ1v) is 16.7. The number of nitrogens with zero attached hydrogens (tertiary/aromatic N) is 4. The minimum atomic E-state index is -2.54. The van der Waals surface area contributed by atoms with Gasteiger partial charge in [0.1, 0.15) is 28.6 Å². The van der Waals surface area contributed by atoms with Crippen molar-refractivity contribution in [3.05, 3.63) is 47.2 Å². The fraction of sp³-hybridized carbons (Fsp3) is 0.486. The Bertz CT molecular complexity index is 1870. The molecule has 3 heterocycles. The first kappa shape index (κ1) is 36.1. The molecule has 0 radical (unpaired) electrons. The van der Waals surface area contributed by atoms with Crippen molar-refractivity contribution < 1.29 is 27.4 Å². The maximum atomic E-state index is 16.8. The lowest BCUT2D eigenvalue weighted by atomic mass is 9.73. The lowest BCUT2D eigenvalue weighted by molar-refractivity contribution is -0.0679. The normalized spacial score (nSPS) is 19.1. The highest BCUT2D eigenvalue weighted by molar-refractivity contribution is 6.03. The largest absolute Gasteiger partial charge is 0.508 e. The van der Waals surface area contributed by atoms with E-state index in [1.54, 1.807) is 6.92 Å². The SMILES string of the molecule is C#Cc1c(F)ccc2cc(O)cc(-c3nc(CCCC(C)CNCCC)c4c(N)nc(OCC5(C)CN(C)CCC5C(F)F)nc4c3F)c12. The molecule has 1 fully saturated rings. The summed E-state index contributed by atoms with van der Waals surface area (Å²) in [6.07, 6.45) is 6.41. The van der Waals surface area contributed by atoms with E-state index in [-0.39, 0.29) is 57.3 Å². The van der Waals surface area contributed by atoms with Gasteiger partial charge in [0.2, 0.25) is 6.43 Å². The molecule has 4 aromatic rings. The van der Waals surface area contributed by atoms with E-state index in [4.69, 9.17) is 21.9 Å². The number of terminal acetylenes is 1. The molecule has 0 bridgehead atoms. The molecule has 0 amide bonds. The van der Waals surface area contributed by atoms with Gasteiger partial charge in [-0.05, 0) is 88.3 Å². The molecule has 1 saturated heterocycles. The summed E-state index contributed by atoms with van der Waals surface area (Å²) in [7, 11) is 1.86. The summed E-state index contributed by atoms with van der Waals surface area (Å²) in [4.78, 5) is 15.4. The number of piperidine rings is 1. The Morgan fingerprint density at radius 1 is 1.20 bits per heavy atom. The second kappa shape index (κ2) is 15.1. The summed E-state index contributed by atoms with van der Waals surface area (Å²) in [5.41, 5.74) is 5.53. The number of aromatic hydroxyl groups is 1. The van der Waals surface area contributed by atoms with Crippen molar-refractivity contribution in [3.63, 3.8) is 0 Å². The molecule has 1 aliphatic heterocycles. The third-order valence-electron chi connectivity index (χ3n) is 9.53. The number of pyridine rings is 1. The number of alkyl halides is 2. The fourth-order valence-corrected chi connectivity index (χ4v) is 7.01. The quantitative estimate of drug-likeness (QED) is 0.0791. The Morgan fingerprint density at radius 3 is 2.69 bits per heavy atom. The first-order chi connectivity index (χ1) is 23.4. The van der Waals surface area contributed by atoms with Crippen LogP contribution in [-0.4, -0.2) is 71.2 Å². The molecular weight excluding hydrogens is 636 g/mol. The van der Waals surface area contributed by atoms with Crippen LogP contribution in [0, 0.1) is 41.2 Å². The molecule has 3 atom stereocenters. The summed E-state index contributed by atoms with van der Waals surface area (Å²) in [6.45, 7) is 8.51. The third-order valence-corrected chi connectivity index (χ3v) is 9.53. The molecule has 1 aliphatic rings. The van der Waals surface area contributed by atoms with Crippen molar-refractivity contribution in [1.29, 1.82) is 0 Å². The van der Waals surface area contributed by atoms with E-state index in [0.29, 0.717) is 49.4 Å². The van der Waals surface area contributed by atoms with Gasteiger partial charge >= 0.3 is 6.01 Å². The van der Waals surface area contributed by atoms with Crippen LogP contribution in [0.2, 0.25) is 0 Å². The number of phenolic OH excluding ortho intramolecular Hbond substituents is 1. The number of nitrogens with one attached hydrogen (secondary N) is 1. The van der Waals surface area contributed by atoms with E-state index in [9.17, 15) is 18.3 Å². The molecule has 0 saturated carbocycles. The number of nitrogen functional groups attached to an aromatic ring is 1. The van der Waals surface area contributed by atoms with Gasteiger partial charge in [0, 0.05) is 28.8 Å². The van der Waals surface area contributed by atoms with Crippen molar-refractivity contribution >= 4 is 27.5 Å². The zero-order valence-electron chi connectivity index (χ0n) is 28.4. The number of rotatable bonds is 13. The number of aromatic nitrogens is 3. The summed E-state index contributed by atoms with van der Waals surface area (Å²) in [5, 5.41) is 14.9. The van der Waals surface area contributed by atoms with Crippen LogP contribution in [0.4, 0.5) is 23.4 Å². The van der Waals surface area contributed by atoms with Gasteiger partial charge in [-0.2, -0.15) is 9.97 Å². The number of phenols is 1. The zero-order chi connectivity index (χ0) is 35.5. The van der Waals surface area contributed by atoms with E-state index in [1.165, 1.54) is 24.3 Å². The third kappa shape index (κ3) is 7.68. The standard InChI is InChI=1S/C37H44F4N6O2/c1-6-14-43-18-21(3)9-8-10-28-30-33(45-36(46-35(30)42)49-20-37(4)19-47(5)15-13-26(37)34(40)41)31(39)32(44-28)25-17-23(48)16-22-11-12-27(38)24(7-2)29(22)25/h2,11-12,16-17,21,26,34,43,48H,6,8-10,13-15,18-20H2,1,3-5H3,(H2,42,45,46). The van der Waals surface area contributed by atoms with E-state index in [1.807, 2.05) is 11.9 Å². The van der Waals surface area contributed by atoms with Crippen molar-refractivity contribution in [3.8, 4) is 35.4 Å². The summed E-state index contributed by atoms with van der Waals surface area (Å²) in [5.74, 6) is -0.0425. The van der Waals surface area contributed by atoms with Crippen molar-refractivity contribution in [1.82, 2.24) is 25.2 Å². The zero-order valence-corrected chi connectivity index (χ0v) is 28.4. The topological polar surface area (TPSA) is 109 Å². The number of ether oxygens (including phenoxy) is 1. The molecular formula is C37H44F4N6O2. The molecule has 49 heavy (non-hydrogen) atoms. The van der Waals surface area contributed by atoms with Gasteiger partial charge in [-0.1, -0.05) is 32.8 Å². The second-order valence-corrected chi connectivity index (χ2v) is 13.6. The van der Waals surface area contributed by atoms with Gasteiger partial charge in [0.05, 0.1) is 23.3 Å². The number of anilines is 1. The highest BCUT2D eigenvalue weighted by Crippen LogP contribution is 2.41. The molecule has 3 unspecified atom stereocenters. The molecule has 262 valence electrons. The summed E-state index contributed by atoms with van der Waals surface area (Å²) >= 11 is 0. The van der Waals surface area contributed by atoms with E-state index in [2.05, 4.69) is 35.1 Å². The predicted octanol–water partition coefficient (Wildman–Crippen LogP) is 6.95. The van der Waals surface area contributed by atoms with Crippen LogP contribution in [0.25, 0.3) is 32.9 Å². The first-order valence-electron chi connectivity index (χ1n) is 16.7. The van der Waals surface area contributed by atoms with Crippen molar-refractivity contribution in [2.75, 3.05) is 45.6 Å². The minimum absolute atomic E-state index is 0.0712. The average molecular weight is 681 g/mol. The van der Waals surface area contributed by atoms with Crippen LogP contribution in [-0.2, 0) is 6.42 Å². The van der Waals surface area contributed by atoms with Gasteiger partial charge < -0.3 is 25.8 Å². The second-order valence-electron chi connectivity index (χ2n) is 13.6. The number of nitrogens with two attached hydrogens (primary N) is 1. The number of aryl methyl sites for hydroxylation is 1. The van der Waals surface area contributed by atoms with Crippen LogP contribution in [0.1, 0.15) is 57.7 Å². The van der Waals surface area contributed by atoms with Crippen molar-refractivity contribution in [2.45, 2.75) is 59.3 Å². The molecule has 5 rings (SSSR count). The van der Waals surface area contributed by atoms with E-state index >= 15 is 4.39 Å². The summed E-state index contributed by atoms with van der Waals surface area (Å²) in [6, 6.07) is 5.08. The molecule has 12 heteroatoms. The van der Waals surface area contributed by atoms with Gasteiger partial charge in [0.15, 0.2) is 5.82 Å². The lowest BCUT2D eigenvalue weighted by Crippen LogP contribution is -2.51. The Hall–Kier alpha value is -4.21. The Labute approximate surface area is 284 Å². The number of hydrogen-bond acceptors (Lipinski definition) is 8. The molecule has 2 aromatic heterocycles. The van der Waals surface area contributed by atoms with E-state index < -0.39 is 29.4 Å². The Kier molecular flexibility index (Phi) is 11.1. The Balaban J connectivity index is 1.62. The number of hydrogen-bond donors (Lipinski definition) is 3. The average Bonchev–Trinajstić information content (AvgIpc) is 3.04. The minimum Gasteiger partial charge on any atom is -0.508 e. The molecule has 0 spiro atoms. The van der Waals surface area contributed by atoms with E-state index in [0.717, 1.165) is 25.9 Å². The maximum absolute atomic E-state index is 16.8. The van der Waals surface area contributed by atoms with Gasteiger partial charge in [0.25, 0.3) is 0 Å². The smallest absolute Gasteiger partial charge is 0.319 e. The Morgan fingerprint density at radius 2 is 1.98 bits per heavy atom.